The molecule has 0 atom stereocenters. The molecule has 5 nitrogen and oxygen atoms in total. The number of hydrogen-bond acceptors (Lipinski definition) is 5. The van der Waals surface area contributed by atoms with Crippen LogP contribution in [-0.4, -0.2) is 46.9 Å². The van der Waals surface area contributed by atoms with Crippen LogP contribution in [0.2, 0.25) is 0 Å². The maximum Gasteiger partial charge on any atom is 0.261 e. The Labute approximate surface area is 250 Å². The molecular weight excluding hydrogens is 528 g/mol. The van der Waals surface area contributed by atoms with Gasteiger partial charge in [0.25, 0.3) is 5.92 Å². The minimum absolute atomic E-state index is 0.102. The van der Waals surface area contributed by atoms with Crippen molar-refractivity contribution in [3.8, 4) is 11.1 Å². The van der Waals surface area contributed by atoms with Gasteiger partial charge < -0.3 is 16.0 Å². The largest absolute Gasteiger partial charge is 0.398 e. The van der Waals surface area contributed by atoms with Crippen LogP contribution in [0.15, 0.2) is 104 Å². The minimum Gasteiger partial charge on any atom is -0.398 e. The standard InChI is InChI=1S/C33H39F2N5.C2H6/c1-6-30(11-9-23(2)26(5)40-14-7-8-15-40)38-25(4)24(3)31-18-28(10-12-32(31)36)29-17-27(19-37-20-29)21-39-16-13-33(34,35)22-39;1-2/h6,9-12,17-20,38H,2-5,7-8,13-16,21-22,36H2,1H3;1-2H3/b11-9-,30-6+;. The van der Waals surface area contributed by atoms with Gasteiger partial charge in [0, 0.05) is 78.9 Å². The zero-order valence-corrected chi connectivity index (χ0v) is 25.4. The van der Waals surface area contributed by atoms with Gasteiger partial charge in [0.15, 0.2) is 0 Å². The van der Waals surface area contributed by atoms with Crippen LogP contribution in [-0.2, 0) is 6.54 Å². The van der Waals surface area contributed by atoms with Crippen molar-refractivity contribution in [2.75, 3.05) is 31.9 Å². The van der Waals surface area contributed by atoms with E-state index in [-0.39, 0.29) is 13.0 Å². The van der Waals surface area contributed by atoms with E-state index in [2.05, 4.69) is 41.5 Å². The molecule has 224 valence electrons. The number of nitrogens with zero attached hydrogens (tertiary/aromatic N) is 3. The third-order valence-electron chi connectivity index (χ3n) is 7.45. The monoisotopic (exact) mass is 573 g/mol. The van der Waals surface area contributed by atoms with Gasteiger partial charge in [-0.15, -0.1) is 0 Å². The summed E-state index contributed by atoms with van der Waals surface area (Å²) in [6.07, 6.45) is 11.6. The van der Waals surface area contributed by atoms with E-state index in [1.54, 1.807) is 17.3 Å². The van der Waals surface area contributed by atoms with Crippen molar-refractivity contribution < 1.29 is 8.78 Å². The summed E-state index contributed by atoms with van der Waals surface area (Å²) in [6, 6.07) is 7.70. The molecule has 42 heavy (non-hydrogen) atoms. The molecule has 0 unspecified atom stereocenters. The van der Waals surface area contributed by atoms with Crippen LogP contribution in [0.5, 0.6) is 0 Å². The highest BCUT2D eigenvalue weighted by Crippen LogP contribution is 2.32. The van der Waals surface area contributed by atoms with Crippen molar-refractivity contribution in [2.45, 2.75) is 52.5 Å². The highest BCUT2D eigenvalue weighted by molar-refractivity contribution is 5.85. The van der Waals surface area contributed by atoms with E-state index in [9.17, 15) is 8.78 Å². The smallest absolute Gasteiger partial charge is 0.261 e. The van der Waals surface area contributed by atoms with Gasteiger partial charge in [0.05, 0.1) is 6.54 Å². The molecule has 1 aromatic carbocycles. The van der Waals surface area contributed by atoms with Gasteiger partial charge in [-0.1, -0.05) is 58.4 Å². The number of nitrogens with two attached hydrogens (primary N) is 1. The fraction of sp³-hybridized carbons (Fsp3) is 0.343. The summed E-state index contributed by atoms with van der Waals surface area (Å²) in [5, 5.41) is 3.33. The second-order valence-electron chi connectivity index (χ2n) is 10.5. The molecule has 2 fully saturated rings. The Bertz CT molecular complexity index is 1370. The average Bonchev–Trinajstić information content (AvgIpc) is 3.65. The van der Waals surface area contributed by atoms with Gasteiger partial charge in [-0.05, 0) is 66.3 Å². The molecule has 0 amide bonds. The Morgan fingerprint density at radius 3 is 2.38 bits per heavy atom. The van der Waals surface area contributed by atoms with E-state index >= 15 is 0 Å². The predicted molar refractivity (Wildman–Crippen MR) is 174 cm³/mol. The molecular formula is C35H45F2N5. The Morgan fingerprint density at radius 2 is 1.74 bits per heavy atom. The van der Waals surface area contributed by atoms with E-state index in [4.69, 9.17) is 5.73 Å². The van der Waals surface area contributed by atoms with Crippen molar-refractivity contribution >= 4 is 11.3 Å². The lowest BCUT2D eigenvalue weighted by Crippen LogP contribution is -2.24. The zero-order valence-electron chi connectivity index (χ0n) is 25.4. The van der Waals surface area contributed by atoms with E-state index in [1.165, 1.54) is 12.8 Å². The molecule has 7 heteroatoms. The summed E-state index contributed by atoms with van der Waals surface area (Å²) in [5.74, 6) is -2.62. The second-order valence-corrected chi connectivity index (χ2v) is 10.5. The molecule has 0 saturated carbocycles. The lowest BCUT2D eigenvalue weighted by atomic mass is 9.97. The Hall–Kier alpha value is -3.97. The Kier molecular flexibility index (Phi) is 11.5. The first-order valence-corrected chi connectivity index (χ1v) is 14.6. The van der Waals surface area contributed by atoms with E-state index < -0.39 is 5.92 Å². The van der Waals surface area contributed by atoms with E-state index in [1.807, 2.05) is 63.3 Å². The van der Waals surface area contributed by atoms with E-state index in [0.29, 0.717) is 30.0 Å². The number of allylic oxidation sites excluding steroid dienone is 4. The molecule has 0 radical (unpaired) electrons. The van der Waals surface area contributed by atoms with Crippen molar-refractivity contribution in [1.29, 1.82) is 0 Å². The van der Waals surface area contributed by atoms with Crippen LogP contribution in [0.3, 0.4) is 0 Å². The number of rotatable bonds is 11. The number of pyridine rings is 1. The Morgan fingerprint density at radius 1 is 1.02 bits per heavy atom. The number of alkyl halides is 2. The van der Waals surface area contributed by atoms with Gasteiger partial charge >= 0.3 is 0 Å². The number of nitrogens with one attached hydrogen (secondary N) is 1. The number of halogens is 2. The second kappa shape index (κ2) is 14.8. The van der Waals surface area contributed by atoms with Crippen molar-refractivity contribution in [2.24, 2.45) is 0 Å². The SMILES string of the molecule is C=C(/C=C\C(=C/C)NC(=C)C(=C)c1cc(-c2cncc(CN3CCC(F)(F)C3)c2)ccc1N)C(=C)N1CCCC1.CC. The van der Waals surface area contributed by atoms with Crippen LogP contribution >= 0.6 is 0 Å². The highest BCUT2D eigenvalue weighted by atomic mass is 19.3. The summed E-state index contributed by atoms with van der Waals surface area (Å²) >= 11 is 0. The summed E-state index contributed by atoms with van der Waals surface area (Å²) in [7, 11) is 0. The number of aromatic nitrogens is 1. The third kappa shape index (κ3) is 8.52. The first kappa shape index (κ1) is 32.5. The van der Waals surface area contributed by atoms with Gasteiger partial charge in [-0.2, -0.15) is 0 Å². The molecule has 2 saturated heterocycles. The van der Waals surface area contributed by atoms with Gasteiger partial charge in [-0.25, -0.2) is 8.78 Å². The van der Waals surface area contributed by atoms with Crippen molar-refractivity contribution in [3.05, 3.63) is 115 Å². The molecule has 2 aliphatic heterocycles. The van der Waals surface area contributed by atoms with Crippen LogP contribution in [0.4, 0.5) is 14.5 Å². The fourth-order valence-electron chi connectivity index (χ4n) is 5.03. The maximum atomic E-state index is 13.6. The number of anilines is 1. The van der Waals surface area contributed by atoms with Gasteiger partial charge in [0.1, 0.15) is 0 Å². The van der Waals surface area contributed by atoms with Gasteiger partial charge in [0.2, 0.25) is 0 Å². The lowest BCUT2D eigenvalue weighted by Gasteiger charge is -2.20. The zero-order chi connectivity index (χ0) is 30.9. The number of nitrogen functional groups attached to an aromatic ring is 1. The molecule has 0 spiro atoms. The number of likely N-dealkylation sites (tertiary alicyclic amines) is 2. The number of hydrogen-bond donors (Lipinski definition) is 2. The number of benzene rings is 1. The summed E-state index contributed by atoms with van der Waals surface area (Å²) < 4.78 is 27.3. The lowest BCUT2D eigenvalue weighted by molar-refractivity contribution is 0.0115. The molecule has 4 rings (SSSR count). The van der Waals surface area contributed by atoms with Crippen LogP contribution < -0.4 is 11.1 Å². The molecule has 0 bridgehead atoms. The molecule has 2 aromatic rings. The highest BCUT2D eigenvalue weighted by Gasteiger charge is 2.37. The molecule has 1 aromatic heterocycles. The van der Waals surface area contributed by atoms with Crippen molar-refractivity contribution in [3.63, 3.8) is 0 Å². The van der Waals surface area contributed by atoms with E-state index in [0.717, 1.165) is 52.3 Å². The van der Waals surface area contributed by atoms with Crippen LogP contribution in [0.25, 0.3) is 16.7 Å². The van der Waals surface area contributed by atoms with Crippen LogP contribution in [0.1, 0.15) is 51.2 Å². The quantitative estimate of drug-likeness (QED) is 0.211. The minimum atomic E-state index is -2.62. The Balaban J connectivity index is 0.00000237. The normalized spacial score (nSPS) is 16.7. The molecule has 3 N–H and O–H groups in total. The maximum absolute atomic E-state index is 13.6. The third-order valence-corrected chi connectivity index (χ3v) is 7.45. The average molecular weight is 574 g/mol. The van der Waals surface area contributed by atoms with Crippen LogP contribution in [0, 0.1) is 0 Å². The topological polar surface area (TPSA) is 57.4 Å². The summed E-state index contributed by atoms with van der Waals surface area (Å²) in [4.78, 5) is 8.39. The predicted octanol–water partition coefficient (Wildman–Crippen LogP) is 7.94. The molecule has 0 aliphatic carbocycles. The van der Waals surface area contributed by atoms with Crippen molar-refractivity contribution in [1.82, 2.24) is 20.1 Å². The summed E-state index contributed by atoms with van der Waals surface area (Å²) in [5.41, 5.74) is 14.3. The first-order valence-electron chi connectivity index (χ1n) is 14.6. The summed E-state index contributed by atoms with van der Waals surface area (Å²) in [6.45, 7) is 25.4. The fourth-order valence-corrected chi connectivity index (χ4v) is 5.03. The molecule has 3 heterocycles. The van der Waals surface area contributed by atoms with Gasteiger partial charge in [-0.3, -0.25) is 9.88 Å². The molecule has 2 aliphatic rings. The first-order chi connectivity index (χ1) is 20.1.